The number of benzene rings is 1. The zero-order valence-electron chi connectivity index (χ0n) is 13.6. The third-order valence-electron chi connectivity index (χ3n) is 5.00. The van der Waals surface area contributed by atoms with E-state index in [0.717, 1.165) is 10.9 Å². The lowest BCUT2D eigenvalue weighted by Crippen LogP contribution is -2.40. The second kappa shape index (κ2) is 5.41. The Kier molecular flexibility index (Phi) is 3.66. The highest BCUT2D eigenvalue weighted by molar-refractivity contribution is 5.96. The molecule has 5 nitrogen and oxygen atoms in total. The molecule has 1 saturated heterocycles. The average molecular weight is 315 g/mol. The minimum Gasteiger partial charge on any atom is -0.481 e. The van der Waals surface area contributed by atoms with Crippen molar-refractivity contribution in [1.82, 2.24) is 4.90 Å². The van der Waals surface area contributed by atoms with Gasteiger partial charge in [0.05, 0.1) is 5.41 Å². The highest BCUT2D eigenvalue weighted by atomic mass is 16.4. The molecule has 2 heterocycles. The summed E-state index contributed by atoms with van der Waals surface area (Å²) in [7, 11) is 0. The summed E-state index contributed by atoms with van der Waals surface area (Å²) < 4.78 is 5.65. The molecule has 1 atom stereocenters. The molecule has 1 aliphatic rings. The lowest BCUT2D eigenvalue weighted by atomic mass is 9.76. The summed E-state index contributed by atoms with van der Waals surface area (Å²) in [5.41, 5.74) is 0.910. The Balaban J connectivity index is 1.87. The molecule has 0 saturated carbocycles. The van der Waals surface area contributed by atoms with Crippen LogP contribution >= 0.6 is 0 Å². The average Bonchev–Trinajstić information content (AvgIpc) is 3.10. The second-order valence-electron chi connectivity index (χ2n) is 6.74. The molecule has 1 aromatic carbocycles. The summed E-state index contributed by atoms with van der Waals surface area (Å²) >= 11 is 0. The predicted molar refractivity (Wildman–Crippen MR) is 86.4 cm³/mol. The van der Waals surface area contributed by atoms with Crippen LogP contribution in [0.5, 0.6) is 0 Å². The first-order chi connectivity index (χ1) is 10.8. The number of fused-ring (bicyclic) bond motifs is 1. The predicted octanol–water partition coefficient (Wildman–Crippen LogP) is 3.31. The first kappa shape index (κ1) is 15.6. The Bertz CT molecular complexity index is 776. The number of furan rings is 1. The Morgan fingerprint density at radius 1 is 1.30 bits per heavy atom. The van der Waals surface area contributed by atoms with Gasteiger partial charge in [0.2, 0.25) is 0 Å². The van der Waals surface area contributed by atoms with Gasteiger partial charge in [0, 0.05) is 18.5 Å². The fraction of sp³-hybridized carbons (Fsp3) is 0.444. The van der Waals surface area contributed by atoms with Crippen LogP contribution in [0.2, 0.25) is 0 Å². The summed E-state index contributed by atoms with van der Waals surface area (Å²) in [4.78, 5) is 26.0. The van der Waals surface area contributed by atoms with Crippen LogP contribution in [0.4, 0.5) is 0 Å². The molecule has 1 unspecified atom stereocenters. The molecule has 1 aromatic heterocycles. The number of carbonyl (C=O) groups excluding carboxylic acids is 1. The molecule has 0 bridgehead atoms. The maximum absolute atomic E-state index is 12.7. The van der Waals surface area contributed by atoms with E-state index in [1.807, 2.05) is 39.0 Å². The lowest BCUT2D eigenvalue weighted by Gasteiger charge is -2.28. The highest BCUT2D eigenvalue weighted by Gasteiger charge is 2.48. The lowest BCUT2D eigenvalue weighted by molar-refractivity contribution is -0.150. The summed E-state index contributed by atoms with van der Waals surface area (Å²) in [6.45, 7) is 6.45. The van der Waals surface area contributed by atoms with E-state index in [9.17, 15) is 14.7 Å². The molecule has 0 spiro atoms. The topological polar surface area (TPSA) is 70.8 Å². The van der Waals surface area contributed by atoms with E-state index in [0.29, 0.717) is 18.5 Å². The van der Waals surface area contributed by atoms with Crippen molar-refractivity contribution in [2.45, 2.75) is 27.2 Å². The molecular weight excluding hydrogens is 294 g/mol. The molecule has 1 amide bonds. The maximum Gasteiger partial charge on any atom is 0.311 e. The number of carboxylic acid groups (broad SMARTS) is 1. The fourth-order valence-corrected chi connectivity index (χ4v) is 3.32. The van der Waals surface area contributed by atoms with Crippen LogP contribution in [0.25, 0.3) is 11.0 Å². The van der Waals surface area contributed by atoms with Gasteiger partial charge in [0.25, 0.3) is 5.91 Å². The number of nitrogens with zero attached hydrogens (tertiary/aromatic N) is 1. The molecule has 2 aromatic rings. The molecule has 0 radical (unpaired) electrons. The van der Waals surface area contributed by atoms with Gasteiger partial charge in [-0.05, 0) is 37.5 Å². The molecule has 0 aliphatic carbocycles. The van der Waals surface area contributed by atoms with E-state index in [-0.39, 0.29) is 24.1 Å². The number of likely N-dealkylation sites (tertiary alicyclic amines) is 1. The van der Waals surface area contributed by atoms with Crippen molar-refractivity contribution in [2.75, 3.05) is 13.1 Å². The minimum absolute atomic E-state index is 0.0314. The Labute approximate surface area is 134 Å². The number of hydrogen-bond acceptors (Lipinski definition) is 3. The number of hydrogen-bond donors (Lipinski definition) is 1. The monoisotopic (exact) mass is 315 g/mol. The molecule has 3 rings (SSSR count). The van der Waals surface area contributed by atoms with Gasteiger partial charge in [-0.25, -0.2) is 0 Å². The number of carboxylic acids is 1. The molecular formula is C18H21NO4. The van der Waals surface area contributed by atoms with Gasteiger partial charge in [-0.3, -0.25) is 9.59 Å². The van der Waals surface area contributed by atoms with Crippen LogP contribution in [0.1, 0.15) is 36.4 Å². The molecule has 122 valence electrons. The van der Waals surface area contributed by atoms with Crippen molar-refractivity contribution >= 4 is 22.8 Å². The zero-order valence-corrected chi connectivity index (χ0v) is 13.6. The van der Waals surface area contributed by atoms with Gasteiger partial charge in [-0.15, -0.1) is 0 Å². The van der Waals surface area contributed by atoms with Crippen LogP contribution in [0, 0.1) is 18.3 Å². The van der Waals surface area contributed by atoms with Crippen molar-refractivity contribution in [3.8, 4) is 0 Å². The molecule has 1 N–H and O–H groups in total. The van der Waals surface area contributed by atoms with Crippen LogP contribution in [0.3, 0.4) is 0 Å². The highest BCUT2D eigenvalue weighted by Crippen LogP contribution is 2.39. The summed E-state index contributed by atoms with van der Waals surface area (Å²) in [5.74, 6) is -0.822. The van der Waals surface area contributed by atoms with Crippen LogP contribution in [-0.2, 0) is 4.79 Å². The Hall–Kier alpha value is -2.30. The largest absolute Gasteiger partial charge is 0.481 e. The normalized spacial score (nSPS) is 21.3. The second-order valence-corrected chi connectivity index (χ2v) is 6.74. The van der Waals surface area contributed by atoms with E-state index in [1.165, 1.54) is 0 Å². The number of rotatable bonds is 3. The van der Waals surface area contributed by atoms with Crippen molar-refractivity contribution in [2.24, 2.45) is 11.3 Å². The summed E-state index contributed by atoms with van der Waals surface area (Å²) in [6.07, 6.45) is 0.477. The first-order valence-corrected chi connectivity index (χ1v) is 7.86. The summed E-state index contributed by atoms with van der Waals surface area (Å²) in [5, 5.41) is 10.5. The number of amides is 1. The fourth-order valence-electron chi connectivity index (χ4n) is 3.32. The van der Waals surface area contributed by atoms with Crippen molar-refractivity contribution in [3.63, 3.8) is 0 Å². The standard InChI is InChI=1S/C18H21NO4/c1-11(2)18(17(21)22)6-7-19(10-18)16(20)15-9-13-8-12(3)4-5-14(13)23-15/h4-5,8-9,11H,6-7,10H2,1-3H3,(H,21,22). The molecule has 1 fully saturated rings. The molecule has 23 heavy (non-hydrogen) atoms. The van der Waals surface area contributed by atoms with E-state index in [1.54, 1.807) is 11.0 Å². The van der Waals surface area contributed by atoms with Gasteiger partial charge in [0.1, 0.15) is 5.58 Å². The Morgan fingerprint density at radius 2 is 2.04 bits per heavy atom. The maximum atomic E-state index is 12.7. The summed E-state index contributed by atoms with van der Waals surface area (Å²) in [6, 6.07) is 7.49. The minimum atomic E-state index is -0.863. The van der Waals surface area contributed by atoms with E-state index in [4.69, 9.17) is 4.42 Å². The van der Waals surface area contributed by atoms with Gasteiger partial charge >= 0.3 is 5.97 Å². The smallest absolute Gasteiger partial charge is 0.311 e. The van der Waals surface area contributed by atoms with Crippen LogP contribution in [0.15, 0.2) is 28.7 Å². The van der Waals surface area contributed by atoms with Crippen LogP contribution in [-0.4, -0.2) is 35.0 Å². The van der Waals surface area contributed by atoms with Gasteiger partial charge < -0.3 is 14.4 Å². The third kappa shape index (κ3) is 2.50. The van der Waals surface area contributed by atoms with Crippen molar-refractivity contribution < 1.29 is 19.1 Å². The van der Waals surface area contributed by atoms with Gasteiger partial charge in [-0.1, -0.05) is 25.5 Å². The van der Waals surface area contributed by atoms with E-state index < -0.39 is 11.4 Å². The zero-order chi connectivity index (χ0) is 16.8. The van der Waals surface area contributed by atoms with E-state index >= 15 is 0 Å². The molecule has 1 aliphatic heterocycles. The van der Waals surface area contributed by atoms with Gasteiger partial charge in [-0.2, -0.15) is 0 Å². The van der Waals surface area contributed by atoms with Crippen molar-refractivity contribution in [3.05, 3.63) is 35.6 Å². The third-order valence-corrected chi connectivity index (χ3v) is 5.00. The number of carbonyl (C=O) groups is 2. The van der Waals surface area contributed by atoms with Gasteiger partial charge in [0.15, 0.2) is 5.76 Å². The number of aliphatic carboxylic acids is 1. The van der Waals surface area contributed by atoms with E-state index in [2.05, 4.69) is 0 Å². The molecule has 5 heteroatoms. The number of aryl methyl sites for hydroxylation is 1. The first-order valence-electron chi connectivity index (χ1n) is 7.86. The van der Waals surface area contributed by atoms with Crippen LogP contribution < -0.4 is 0 Å². The SMILES string of the molecule is Cc1ccc2oc(C(=O)N3CCC(C(=O)O)(C(C)C)C3)cc2c1. The Morgan fingerprint density at radius 3 is 2.65 bits per heavy atom. The van der Waals surface area contributed by atoms with Crippen molar-refractivity contribution in [1.29, 1.82) is 0 Å². The quantitative estimate of drug-likeness (QED) is 0.943.